The van der Waals surface area contributed by atoms with E-state index in [0.29, 0.717) is 6.42 Å². The van der Waals surface area contributed by atoms with Gasteiger partial charge >= 0.3 is 0 Å². The summed E-state index contributed by atoms with van der Waals surface area (Å²) < 4.78 is 1.14. The van der Waals surface area contributed by atoms with E-state index in [1.54, 1.807) is 0 Å². The monoisotopic (exact) mass is 331 g/mol. The maximum atomic E-state index is 11.5. The zero-order valence-corrected chi connectivity index (χ0v) is 11.5. The highest BCUT2D eigenvalue weighted by Crippen LogP contribution is 2.17. The van der Waals surface area contributed by atoms with Crippen molar-refractivity contribution in [3.05, 3.63) is 27.3 Å². The van der Waals surface area contributed by atoms with Crippen molar-refractivity contribution < 1.29 is 9.59 Å². The Morgan fingerprint density at radius 2 is 2.00 bits per heavy atom. The molecule has 86 valence electrons. The van der Waals surface area contributed by atoms with Gasteiger partial charge in [0.1, 0.15) is 5.78 Å². The number of benzene rings is 1. The van der Waals surface area contributed by atoms with E-state index in [-0.39, 0.29) is 18.1 Å². The number of halogens is 1. The van der Waals surface area contributed by atoms with Crippen LogP contribution in [0.15, 0.2) is 18.2 Å². The topological polar surface area (TPSA) is 46.2 Å². The molecule has 0 aromatic heterocycles. The van der Waals surface area contributed by atoms with E-state index in [1.165, 1.54) is 6.92 Å². The third-order valence-corrected chi connectivity index (χ3v) is 2.84. The van der Waals surface area contributed by atoms with E-state index < -0.39 is 0 Å². The second kappa shape index (κ2) is 5.98. The van der Waals surface area contributed by atoms with Crippen LogP contribution in [-0.2, 0) is 9.59 Å². The van der Waals surface area contributed by atoms with Crippen LogP contribution >= 0.6 is 22.6 Å². The minimum absolute atomic E-state index is 0.0366. The van der Waals surface area contributed by atoms with Crippen molar-refractivity contribution in [2.75, 3.05) is 5.32 Å². The molecule has 0 aliphatic rings. The molecule has 0 unspecified atom stereocenters. The molecule has 0 saturated carbocycles. The zero-order chi connectivity index (χ0) is 12.1. The lowest BCUT2D eigenvalue weighted by molar-refractivity contribution is -0.121. The summed E-state index contributed by atoms with van der Waals surface area (Å²) in [6.45, 7) is 3.44. The number of hydrogen-bond donors (Lipinski definition) is 1. The summed E-state index contributed by atoms with van der Waals surface area (Å²) in [5.41, 5.74) is 1.84. The van der Waals surface area contributed by atoms with Crippen molar-refractivity contribution in [1.29, 1.82) is 0 Å². The molecule has 0 saturated heterocycles. The van der Waals surface area contributed by atoms with Crippen LogP contribution in [-0.4, -0.2) is 11.7 Å². The average Bonchev–Trinajstić information content (AvgIpc) is 2.19. The summed E-state index contributed by atoms with van der Waals surface area (Å²) in [5, 5.41) is 2.80. The molecule has 1 rings (SSSR count). The standard InChI is InChI=1S/C12H14INO2/c1-8-7-10(13)4-5-11(8)14-12(16)6-3-9(2)15/h4-5,7H,3,6H2,1-2H3,(H,14,16). The fourth-order valence-corrected chi connectivity index (χ4v) is 1.92. The smallest absolute Gasteiger partial charge is 0.224 e. The fourth-order valence-electron chi connectivity index (χ4n) is 1.27. The number of rotatable bonds is 4. The first-order chi connectivity index (χ1) is 7.49. The van der Waals surface area contributed by atoms with Crippen LogP contribution in [0.2, 0.25) is 0 Å². The van der Waals surface area contributed by atoms with Crippen molar-refractivity contribution in [1.82, 2.24) is 0 Å². The number of nitrogens with one attached hydrogen (secondary N) is 1. The highest BCUT2D eigenvalue weighted by Gasteiger charge is 2.06. The van der Waals surface area contributed by atoms with E-state index in [4.69, 9.17) is 0 Å². The van der Waals surface area contributed by atoms with E-state index in [2.05, 4.69) is 27.9 Å². The van der Waals surface area contributed by atoms with Crippen molar-refractivity contribution in [3.8, 4) is 0 Å². The van der Waals surface area contributed by atoms with Gasteiger partial charge in [-0.15, -0.1) is 0 Å². The van der Waals surface area contributed by atoms with Crippen molar-refractivity contribution in [3.63, 3.8) is 0 Å². The molecule has 1 amide bonds. The summed E-state index contributed by atoms with van der Waals surface area (Å²) in [5.74, 6) is -0.0750. The van der Waals surface area contributed by atoms with Gasteiger partial charge in [0, 0.05) is 22.1 Å². The van der Waals surface area contributed by atoms with Crippen LogP contribution in [0.4, 0.5) is 5.69 Å². The molecule has 0 aliphatic heterocycles. The van der Waals surface area contributed by atoms with Gasteiger partial charge in [0.15, 0.2) is 0 Å². The third-order valence-electron chi connectivity index (χ3n) is 2.17. The molecule has 3 nitrogen and oxygen atoms in total. The molecule has 1 aromatic rings. The van der Waals surface area contributed by atoms with Gasteiger partial charge in [-0.2, -0.15) is 0 Å². The van der Waals surface area contributed by atoms with Crippen molar-refractivity contribution in [2.24, 2.45) is 0 Å². The van der Waals surface area contributed by atoms with Crippen molar-refractivity contribution in [2.45, 2.75) is 26.7 Å². The summed E-state index contributed by atoms with van der Waals surface area (Å²) in [4.78, 5) is 22.2. The van der Waals surface area contributed by atoms with E-state index >= 15 is 0 Å². The lowest BCUT2D eigenvalue weighted by atomic mass is 10.2. The predicted octanol–water partition coefficient (Wildman–Crippen LogP) is 2.91. The molecule has 0 bridgehead atoms. The van der Waals surface area contributed by atoms with Crippen LogP contribution in [0.3, 0.4) is 0 Å². The Morgan fingerprint density at radius 3 is 2.56 bits per heavy atom. The molecule has 0 spiro atoms. The molecule has 0 atom stereocenters. The number of anilines is 1. The molecule has 16 heavy (non-hydrogen) atoms. The van der Waals surface area contributed by atoms with E-state index in [1.807, 2.05) is 25.1 Å². The normalized spacial score (nSPS) is 9.94. The number of aryl methyl sites for hydroxylation is 1. The first-order valence-electron chi connectivity index (χ1n) is 5.04. The highest BCUT2D eigenvalue weighted by molar-refractivity contribution is 14.1. The number of carbonyl (C=O) groups excluding carboxylic acids is 2. The fraction of sp³-hybridized carbons (Fsp3) is 0.333. The highest BCUT2D eigenvalue weighted by atomic mass is 127. The Balaban J connectivity index is 2.59. The first kappa shape index (κ1) is 13.2. The van der Waals surface area contributed by atoms with Crippen molar-refractivity contribution >= 4 is 40.0 Å². The number of carbonyl (C=O) groups is 2. The van der Waals surface area contributed by atoms with Gasteiger partial charge in [-0.05, 0) is 60.2 Å². The van der Waals surface area contributed by atoms with E-state index in [9.17, 15) is 9.59 Å². The zero-order valence-electron chi connectivity index (χ0n) is 9.34. The molecule has 0 fully saturated rings. The lowest BCUT2D eigenvalue weighted by Crippen LogP contribution is -2.13. The Morgan fingerprint density at radius 1 is 1.31 bits per heavy atom. The Kier molecular flexibility index (Phi) is 4.92. The van der Waals surface area contributed by atoms with Gasteiger partial charge in [-0.3, -0.25) is 4.79 Å². The third kappa shape index (κ3) is 4.30. The van der Waals surface area contributed by atoms with Gasteiger partial charge in [-0.1, -0.05) is 0 Å². The van der Waals surface area contributed by atoms with E-state index in [0.717, 1.165) is 14.8 Å². The van der Waals surface area contributed by atoms with Gasteiger partial charge in [-0.25, -0.2) is 0 Å². The predicted molar refractivity (Wildman–Crippen MR) is 72.4 cm³/mol. The summed E-state index contributed by atoms with van der Waals surface area (Å²) >= 11 is 2.22. The van der Waals surface area contributed by atoms with Crippen LogP contribution in [0.5, 0.6) is 0 Å². The van der Waals surface area contributed by atoms with Crippen LogP contribution < -0.4 is 5.32 Å². The lowest BCUT2D eigenvalue weighted by Gasteiger charge is -2.08. The number of Topliss-reactive ketones (excluding diaryl/α,β-unsaturated/α-hetero) is 1. The second-order valence-electron chi connectivity index (χ2n) is 3.71. The number of ketones is 1. The quantitative estimate of drug-likeness (QED) is 0.863. The van der Waals surface area contributed by atoms with Gasteiger partial charge in [0.25, 0.3) is 0 Å². The molecule has 1 N–H and O–H groups in total. The van der Waals surface area contributed by atoms with Crippen LogP contribution in [0.25, 0.3) is 0 Å². The SMILES string of the molecule is CC(=O)CCC(=O)Nc1ccc(I)cc1C. The van der Waals surface area contributed by atoms with Gasteiger partial charge in [0.2, 0.25) is 5.91 Å². The molecule has 1 aromatic carbocycles. The van der Waals surface area contributed by atoms with Crippen LogP contribution in [0, 0.1) is 10.5 Å². The maximum absolute atomic E-state index is 11.5. The van der Waals surface area contributed by atoms with Gasteiger partial charge in [0.05, 0.1) is 0 Å². The maximum Gasteiger partial charge on any atom is 0.224 e. The summed E-state index contributed by atoms with van der Waals surface area (Å²) in [6.07, 6.45) is 0.552. The Labute approximate surface area is 109 Å². The molecular formula is C12H14INO2. The molecule has 4 heteroatoms. The second-order valence-corrected chi connectivity index (χ2v) is 4.96. The molecule has 0 aliphatic carbocycles. The minimum atomic E-state index is -0.112. The Bertz CT molecular complexity index is 415. The molecule has 0 radical (unpaired) electrons. The Hall–Kier alpha value is -0.910. The summed E-state index contributed by atoms with van der Waals surface area (Å²) in [7, 11) is 0. The van der Waals surface area contributed by atoms with Crippen LogP contribution in [0.1, 0.15) is 25.3 Å². The van der Waals surface area contributed by atoms with Gasteiger partial charge < -0.3 is 10.1 Å². The average molecular weight is 331 g/mol. The molecule has 0 heterocycles. The largest absolute Gasteiger partial charge is 0.326 e. The minimum Gasteiger partial charge on any atom is -0.326 e. The first-order valence-corrected chi connectivity index (χ1v) is 6.12. The number of hydrogen-bond acceptors (Lipinski definition) is 2. The molecular weight excluding hydrogens is 317 g/mol. The summed E-state index contributed by atoms with van der Waals surface area (Å²) in [6, 6.07) is 5.82. The number of amides is 1.